The van der Waals surface area contributed by atoms with E-state index in [1.54, 1.807) is 29.2 Å². The molecule has 7 nitrogen and oxygen atoms in total. The zero-order valence-corrected chi connectivity index (χ0v) is 19.8. The van der Waals surface area contributed by atoms with Crippen molar-refractivity contribution in [3.8, 4) is 5.75 Å². The van der Waals surface area contributed by atoms with Crippen molar-refractivity contribution in [2.45, 2.75) is 13.0 Å². The van der Waals surface area contributed by atoms with Gasteiger partial charge in [-0.25, -0.2) is 4.79 Å². The predicted molar refractivity (Wildman–Crippen MR) is 132 cm³/mol. The van der Waals surface area contributed by atoms with Crippen molar-refractivity contribution in [1.82, 2.24) is 4.90 Å². The molecule has 1 aliphatic rings. The number of carboxylic acids is 1. The summed E-state index contributed by atoms with van der Waals surface area (Å²) in [6, 6.07) is 16.4. The monoisotopic (exact) mass is 492 g/mol. The summed E-state index contributed by atoms with van der Waals surface area (Å²) in [7, 11) is 1.51. The number of nitrogens with zero attached hydrogens (tertiary/aromatic N) is 1. The molecular formula is C25H20N2O5S2. The molecule has 5 rings (SSSR count). The van der Waals surface area contributed by atoms with E-state index in [4.69, 9.17) is 4.74 Å². The van der Waals surface area contributed by atoms with Crippen LogP contribution in [-0.4, -0.2) is 41.4 Å². The molecule has 2 aromatic heterocycles. The van der Waals surface area contributed by atoms with Gasteiger partial charge in [-0.15, -0.1) is 22.7 Å². The average Bonchev–Trinajstić information content (AvgIpc) is 3.44. The minimum absolute atomic E-state index is 0.0703. The maximum Gasteiger partial charge on any atom is 0.339 e. The Morgan fingerprint density at radius 1 is 1.06 bits per heavy atom. The van der Waals surface area contributed by atoms with Gasteiger partial charge in [0.25, 0.3) is 11.8 Å². The number of aromatic carboxylic acids is 1. The molecule has 3 heterocycles. The van der Waals surface area contributed by atoms with Gasteiger partial charge < -0.3 is 20.1 Å². The van der Waals surface area contributed by atoms with Crippen LogP contribution in [0.4, 0.5) is 5.00 Å². The number of thiophene rings is 2. The topological polar surface area (TPSA) is 95.9 Å². The molecule has 34 heavy (non-hydrogen) atoms. The molecule has 0 radical (unpaired) electrons. The van der Waals surface area contributed by atoms with Crippen LogP contribution in [0.2, 0.25) is 0 Å². The molecule has 2 N–H and O–H groups in total. The molecule has 0 saturated heterocycles. The van der Waals surface area contributed by atoms with E-state index in [9.17, 15) is 19.5 Å². The maximum absolute atomic E-state index is 13.2. The van der Waals surface area contributed by atoms with E-state index in [0.717, 1.165) is 15.0 Å². The van der Waals surface area contributed by atoms with E-state index in [1.165, 1.54) is 29.8 Å². The Labute approximate surface area is 203 Å². The highest BCUT2D eigenvalue weighted by molar-refractivity contribution is 7.20. The van der Waals surface area contributed by atoms with Crippen molar-refractivity contribution >= 4 is 55.5 Å². The third-order valence-corrected chi connectivity index (χ3v) is 7.99. The standard InChI is InChI=1S/C25H20N2O5S2/c1-32-16-7-4-6-15(11-16)22(28)26-23-21(25(30)31)17-9-10-27(13-20(17)34-23)24(29)19-12-14-5-2-3-8-18(14)33-19/h2-8,11-12H,9-10,13H2,1H3,(H,26,28)(H,30,31). The number of hydrogen-bond acceptors (Lipinski definition) is 6. The normalized spacial score (nSPS) is 12.9. The molecule has 1 aliphatic heterocycles. The summed E-state index contributed by atoms with van der Waals surface area (Å²) in [5.74, 6) is -1.05. The molecule has 0 unspecified atom stereocenters. The van der Waals surface area contributed by atoms with Gasteiger partial charge in [-0.3, -0.25) is 9.59 Å². The first-order valence-corrected chi connectivity index (χ1v) is 12.2. The second-order valence-corrected chi connectivity index (χ2v) is 10.0. The van der Waals surface area contributed by atoms with Crippen molar-refractivity contribution in [3.05, 3.63) is 81.0 Å². The van der Waals surface area contributed by atoms with E-state index >= 15 is 0 Å². The van der Waals surface area contributed by atoms with Crippen molar-refractivity contribution in [2.75, 3.05) is 19.0 Å². The fourth-order valence-electron chi connectivity index (χ4n) is 4.07. The minimum Gasteiger partial charge on any atom is -0.497 e. The number of hydrogen-bond donors (Lipinski definition) is 2. The van der Waals surface area contributed by atoms with Crippen LogP contribution in [0.15, 0.2) is 54.6 Å². The van der Waals surface area contributed by atoms with Crippen LogP contribution in [0.5, 0.6) is 5.75 Å². The zero-order valence-electron chi connectivity index (χ0n) is 18.2. The molecule has 0 fully saturated rings. The predicted octanol–water partition coefficient (Wildman–Crippen LogP) is 5.12. The third-order valence-electron chi connectivity index (χ3n) is 5.75. The molecule has 2 amide bonds. The van der Waals surface area contributed by atoms with E-state index in [-0.39, 0.29) is 16.5 Å². The van der Waals surface area contributed by atoms with Crippen LogP contribution in [0, 0.1) is 0 Å². The fraction of sp³-hybridized carbons (Fsp3) is 0.160. The lowest BCUT2D eigenvalue weighted by Gasteiger charge is -2.26. The summed E-state index contributed by atoms with van der Waals surface area (Å²) < 4.78 is 6.22. The molecule has 0 saturated carbocycles. The Kier molecular flexibility index (Phi) is 5.80. The number of amides is 2. The number of nitrogens with one attached hydrogen (secondary N) is 1. The number of methoxy groups -OCH3 is 1. The van der Waals surface area contributed by atoms with Crippen LogP contribution < -0.4 is 10.1 Å². The minimum atomic E-state index is -1.09. The smallest absolute Gasteiger partial charge is 0.339 e. The summed E-state index contributed by atoms with van der Waals surface area (Å²) in [5, 5.41) is 13.9. The first-order chi connectivity index (χ1) is 16.4. The van der Waals surface area contributed by atoms with Gasteiger partial charge in [-0.2, -0.15) is 0 Å². The number of carbonyl (C=O) groups excluding carboxylic acids is 2. The van der Waals surface area contributed by atoms with Crippen molar-refractivity contribution in [3.63, 3.8) is 0 Å². The van der Waals surface area contributed by atoms with Gasteiger partial charge in [0, 0.05) is 21.7 Å². The lowest BCUT2D eigenvalue weighted by Crippen LogP contribution is -2.35. The third kappa shape index (κ3) is 4.04. The number of ether oxygens (including phenoxy) is 1. The molecule has 0 atom stereocenters. The number of fused-ring (bicyclic) bond motifs is 2. The zero-order chi connectivity index (χ0) is 23.8. The summed E-state index contributed by atoms with van der Waals surface area (Å²) in [6.07, 6.45) is 0.416. The van der Waals surface area contributed by atoms with Crippen LogP contribution in [-0.2, 0) is 13.0 Å². The molecule has 9 heteroatoms. The summed E-state index contributed by atoms with van der Waals surface area (Å²) in [5.41, 5.74) is 1.15. The van der Waals surface area contributed by atoms with Crippen LogP contribution in [0.25, 0.3) is 10.1 Å². The number of rotatable bonds is 5. The number of anilines is 1. The second kappa shape index (κ2) is 8.92. The summed E-state index contributed by atoms with van der Waals surface area (Å²) >= 11 is 2.66. The van der Waals surface area contributed by atoms with Gasteiger partial charge in [-0.1, -0.05) is 24.3 Å². The first kappa shape index (κ1) is 22.1. The Balaban J connectivity index is 1.40. The quantitative estimate of drug-likeness (QED) is 0.403. The highest BCUT2D eigenvalue weighted by Gasteiger charge is 2.31. The Morgan fingerprint density at radius 3 is 2.65 bits per heavy atom. The van der Waals surface area contributed by atoms with Gasteiger partial charge in [0.05, 0.1) is 24.1 Å². The Morgan fingerprint density at radius 2 is 1.88 bits per heavy atom. The van der Waals surface area contributed by atoms with Gasteiger partial charge >= 0.3 is 5.97 Å². The number of carboxylic acid groups (broad SMARTS) is 1. The lowest BCUT2D eigenvalue weighted by molar-refractivity contribution is 0.0696. The van der Waals surface area contributed by atoms with Crippen LogP contribution in [0.1, 0.15) is 40.8 Å². The molecule has 0 bridgehead atoms. The van der Waals surface area contributed by atoms with Crippen LogP contribution in [0.3, 0.4) is 0 Å². The second-order valence-electron chi connectivity index (χ2n) is 7.82. The number of carbonyl (C=O) groups is 3. The summed E-state index contributed by atoms with van der Waals surface area (Å²) in [4.78, 5) is 41.2. The molecular weight excluding hydrogens is 472 g/mol. The van der Waals surface area contributed by atoms with Crippen molar-refractivity contribution in [1.29, 1.82) is 0 Å². The molecule has 4 aromatic rings. The molecule has 172 valence electrons. The van der Waals surface area contributed by atoms with Gasteiger partial charge in [0.2, 0.25) is 0 Å². The highest BCUT2D eigenvalue weighted by Crippen LogP contribution is 2.38. The Hall–Kier alpha value is -3.69. The van der Waals surface area contributed by atoms with E-state index in [2.05, 4.69) is 5.32 Å². The molecule has 0 aliphatic carbocycles. The van der Waals surface area contributed by atoms with Gasteiger partial charge in [-0.05, 0) is 47.7 Å². The van der Waals surface area contributed by atoms with Crippen LogP contribution >= 0.6 is 22.7 Å². The lowest BCUT2D eigenvalue weighted by atomic mass is 10.0. The van der Waals surface area contributed by atoms with Crippen molar-refractivity contribution in [2.24, 2.45) is 0 Å². The SMILES string of the molecule is COc1cccc(C(=O)Nc2sc3c(c2C(=O)O)CCN(C(=O)c2cc4ccccc4s2)C3)c1. The molecule has 0 spiro atoms. The average molecular weight is 493 g/mol. The summed E-state index contributed by atoms with van der Waals surface area (Å²) in [6.45, 7) is 0.725. The molecule has 2 aromatic carbocycles. The van der Waals surface area contributed by atoms with Crippen molar-refractivity contribution < 1.29 is 24.2 Å². The highest BCUT2D eigenvalue weighted by atomic mass is 32.1. The Bertz CT molecular complexity index is 1410. The fourth-order valence-corrected chi connectivity index (χ4v) is 6.35. The maximum atomic E-state index is 13.2. The van der Waals surface area contributed by atoms with E-state index in [1.807, 2.05) is 30.3 Å². The first-order valence-electron chi connectivity index (χ1n) is 10.6. The number of benzene rings is 2. The van der Waals surface area contributed by atoms with E-state index in [0.29, 0.717) is 41.3 Å². The largest absolute Gasteiger partial charge is 0.497 e. The van der Waals surface area contributed by atoms with E-state index < -0.39 is 11.9 Å². The van der Waals surface area contributed by atoms with Gasteiger partial charge in [0.1, 0.15) is 10.8 Å². The van der Waals surface area contributed by atoms with Gasteiger partial charge in [0.15, 0.2) is 0 Å².